The van der Waals surface area contributed by atoms with Crippen LogP contribution in [0.25, 0.3) is 0 Å². The minimum absolute atomic E-state index is 0.824. The molecule has 4 heteroatoms. The van der Waals surface area contributed by atoms with Gasteiger partial charge in [-0.3, -0.25) is 0 Å². The zero-order valence-electron chi connectivity index (χ0n) is 9.92. The molecule has 0 aliphatic carbocycles. The average molecular weight is 211 g/mol. The molecule has 1 aromatic heterocycles. The number of nitrogens with zero attached hydrogens (tertiary/aromatic N) is 2. The van der Waals surface area contributed by atoms with Gasteiger partial charge in [-0.15, -0.1) is 0 Å². The maximum absolute atomic E-state index is 5.39. The van der Waals surface area contributed by atoms with Gasteiger partial charge in [-0.05, 0) is 19.8 Å². The van der Waals surface area contributed by atoms with Gasteiger partial charge in [-0.25, -0.2) is 4.98 Å². The summed E-state index contributed by atoms with van der Waals surface area (Å²) in [5, 5.41) is 3.28. The molecule has 1 aromatic rings. The number of imidazole rings is 1. The first-order valence-corrected chi connectivity index (χ1v) is 5.55. The van der Waals surface area contributed by atoms with Crippen LogP contribution in [0, 0.1) is 6.92 Å². The summed E-state index contributed by atoms with van der Waals surface area (Å²) in [5.74, 6) is 0.933. The van der Waals surface area contributed by atoms with Crippen LogP contribution in [-0.2, 0) is 11.8 Å². The Morgan fingerprint density at radius 2 is 2.27 bits per heavy atom. The standard InChI is InChI=1S/C11H21N3O/c1-4-7-15-8-5-6-12-11-13-10(2)9-14(11)3/h9H,4-8H2,1-3H3,(H,12,13). The van der Waals surface area contributed by atoms with Crippen molar-refractivity contribution in [3.63, 3.8) is 0 Å². The number of aryl methyl sites for hydroxylation is 2. The van der Waals surface area contributed by atoms with Crippen molar-refractivity contribution in [2.24, 2.45) is 7.05 Å². The van der Waals surface area contributed by atoms with Crippen LogP contribution in [0.15, 0.2) is 6.20 Å². The fraction of sp³-hybridized carbons (Fsp3) is 0.727. The van der Waals surface area contributed by atoms with E-state index in [4.69, 9.17) is 4.74 Å². The van der Waals surface area contributed by atoms with Crippen molar-refractivity contribution in [2.75, 3.05) is 25.1 Å². The Labute approximate surface area is 91.7 Å². The molecule has 15 heavy (non-hydrogen) atoms. The van der Waals surface area contributed by atoms with E-state index in [0.717, 1.165) is 44.2 Å². The first kappa shape index (κ1) is 12.0. The maximum Gasteiger partial charge on any atom is 0.202 e. The zero-order chi connectivity index (χ0) is 11.1. The fourth-order valence-electron chi connectivity index (χ4n) is 1.40. The van der Waals surface area contributed by atoms with Gasteiger partial charge in [-0.2, -0.15) is 0 Å². The number of hydrogen-bond acceptors (Lipinski definition) is 3. The zero-order valence-corrected chi connectivity index (χ0v) is 9.92. The largest absolute Gasteiger partial charge is 0.381 e. The monoisotopic (exact) mass is 211 g/mol. The third-order valence-corrected chi connectivity index (χ3v) is 2.09. The minimum atomic E-state index is 0.824. The van der Waals surface area contributed by atoms with Crippen LogP contribution in [-0.4, -0.2) is 29.3 Å². The molecule has 0 amide bonds. The third-order valence-electron chi connectivity index (χ3n) is 2.09. The first-order chi connectivity index (χ1) is 7.24. The summed E-state index contributed by atoms with van der Waals surface area (Å²) in [4.78, 5) is 4.36. The highest BCUT2D eigenvalue weighted by Crippen LogP contribution is 2.05. The highest BCUT2D eigenvalue weighted by molar-refractivity contribution is 5.27. The Morgan fingerprint density at radius 1 is 1.47 bits per heavy atom. The fourth-order valence-corrected chi connectivity index (χ4v) is 1.40. The Balaban J connectivity index is 2.12. The van der Waals surface area contributed by atoms with Crippen molar-refractivity contribution >= 4 is 5.95 Å². The molecule has 1 rings (SSSR count). The molecule has 0 aliphatic rings. The van der Waals surface area contributed by atoms with Crippen LogP contribution >= 0.6 is 0 Å². The van der Waals surface area contributed by atoms with E-state index in [1.54, 1.807) is 0 Å². The second-order valence-corrected chi connectivity index (χ2v) is 3.71. The van der Waals surface area contributed by atoms with Gasteiger partial charge < -0.3 is 14.6 Å². The predicted octanol–water partition coefficient (Wildman–Crippen LogP) is 1.96. The number of nitrogens with one attached hydrogen (secondary N) is 1. The molecular formula is C11H21N3O. The molecule has 0 aliphatic heterocycles. The number of ether oxygens (including phenoxy) is 1. The van der Waals surface area contributed by atoms with E-state index in [2.05, 4.69) is 17.2 Å². The van der Waals surface area contributed by atoms with Gasteiger partial charge in [0.2, 0.25) is 5.95 Å². The first-order valence-electron chi connectivity index (χ1n) is 5.55. The average Bonchev–Trinajstić information content (AvgIpc) is 2.51. The quantitative estimate of drug-likeness (QED) is 0.701. The van der Waals surface area contributed by atoms with E-state index in [9.17, 15) is 0 Å². The van der Waals surface area contributed by atoms with Gasteiger partial charge in [0.25, 0.3) is 0 Å². The molecule has 0 fully saturated rings. The van der Waals surface area contributed by atoms with E-state index in [1.165, 1.54) is 0 Å². The van der Waals surface area contributed by atoms with Crippen molar-refractivity contribution in [3.8, 4) is 0 Å². The van der Waals surface area contributed by atoms with E-state index < -0.39 is 0 Å². The number of aromatic nitrogens is 2. The summed E-state index contributed by atoms with van der Waals surface area (Å²) in [5.41, 5.74) is 1.04. The Morgan fingerprint density at radius 3 is 2.87 bits per heavy atom. The second-order valence-electron chi connectivity index (χ2n) is 3.71. The van der Waals surface area contributed by atoms with Crippen molar-refractivity contribution in [1.82, 2.24) is 9.55 Å². The molecule has 0 unspecified atom stereocenters. The van der Waals surface area contributed by atoms with Gasteiger partial charge in [-0.1, -0.05) is 6.92 Å². The van der Waals surface area contributed by atoms with Crippen LogP contribution in [0.2, 0.25) is 0 Å². The molecule has 1 heterocycles. The molecule has 0 saturated carbocycles. The third kappa shape index (κ3) is 4.34. The SMILES string of the molecule is CCCOCCCNc1nc(C)cn1C. The highest BCUT2D eigenvalue weighted by Gasteiger charge is 1.99. The lowest BCUT2D eigenvalue weighted by Crippen LogP contribution is -2.09. The van der Waals surface area contributed by atoms with Crippen molar-refractivity contribution in [1.29, 1.82) is 0 Å². The minimum Gasteiger partial charge on any atom is -0.381 e. The number of hydrogen-bond donors (Lipinski definition) is 1. The Kier molecular flexibility index (Phi) is 5.18. The van der Waals surface area contributed by atoms with Gasteiger partial charge in [0, 0.05) is 33.0 Å². The topological polar surface area (TPSA) is 39.1 Å². The summed E-state index contributed by atoms with van der Waals surface area (Å²) in [7, 11) is 2.00. The van der Waals surface area contributed by atoms with Gasteiger partial charge >= 0.3 is 0 Å². The lowest BCUT2D eigenvalue weighted by molar-refractivity contribution is 0.134. The van der Waals surface area contributed by atoms with E-state index in [0.29, 0.717) is 0 Å². The molecule has 0 spiro atoms. The second kappa shape index (κ2) is 6.45. The summed E-state index contributed by atoms with van der Waals surface area (Å²) >= 11 is 0. The van der Waals surface area contributed by atoms with Crippen LogP contribution in [0.4, 0.5) is 5.95 Å². The Bertz CT molecular complexity index is 283. The molecule has 0 aromatic carbocycles. The van der Waals surface area contributed by atoms with Crippen molar-refractivity contribution in [2.45, 2.75) is 26.7 Å². The summed E-state index contributed by atoms with van der Waals surface area (Å²) in [6.45, 7) is 6.71. The molecule has 86 valence electrons. The number of rotatable bonds is 7. The lowest BCUT2D eigenvalue weighted by atomic mass is 10.4. The van der Waals surface area contributed by atoms with E-state index in [1.807, 2.05) is 24.7 Å². The molecule has 0 atom stereocenters. The molecule has 4 nitrogen and oxygen atoms in total. The molecule has 0 saturated heterocycles. The van der Waals surface area contributed by atoms with E-state index in [-0.39, 0.29) is 0 Å². The summed E-state index contributed by atoms with van der Waals surface area (Å²) in [6.07, 6.45) is 4.12. The predicted molar refractivity (Wildman–Crippen MR) is 62.2 cm³/mol. The van der Waals surface area contributed by atoms with Crippen molar-refractivity contribution in [3.05, 3.63) is 11.9 Å². The normalized spacial score (nSPS) is 10.6. The van der Waals surface area contributed by atoms with Crippen LogP contribution in [0.3, 0.4) is 0 Å². The molecule has 0 bridgehead atoms. The van der Waals surface area contributed by atoms with E-state index >= 15 is 0 Å². The Hall–Kier alpha value is -1.03. The van der Waals surface area contributed by atoms with Gasteiger partial charge in [0.15, 0.2) is 0 Å². The smallest absolute Gasteiger partial charge is 0.202 e. The lowest BCUT2D eigenvalue weighted by Gasteiger charge is -2.05. The van der Waals surface area contributed by atoms with Gasteiger partial charge in [0.1, 0.15) is 0 Å². The summed E-state index contributed by atoms with van der Waals surface area (Å²) < 4.78 is 7.39. The molecular weight excluding hydrogens is 190 g/mol. The van der Waals surface area contributed by atoms with Gasteiger partial charge in [0.05, 0.1) is 5.69 Å². The van der Waals surface area contributed by atoms with Crippen molar-refractivity contribution < 1.29 is 4.74 Å². The highest BCUT2D eigenvalue weighted by atomic mass is 16.5. The molecule has 0 radical (unpaired) electrons. The van der Waals surface area contributed by atoms with Crippen LogP contribution in [0.5, 0.6) is 0 Å². The number of anilines is 1. The maximum atomic E-state index is 5.39. The van der Waals surface area contributed by atoms with Crippen LogP contribution < -0.4 is 5.32 Å². The molecule has 1 N–H and O–H groups in total. The summed E-state index contributed by atoms with van der Waals surface area (Å²) in [6, 6.07) is 0. The van der Waals surface area contributed by atoms with Crippen LogP contribution in [0.1, 0.15) is 25.5 Å².